The summed E-state index contributed by atoms with van der Waals surface area (Å²) in [5.41, 5.74) is -0.551. The van der Waals surface area contributed by atoms with Gasteiger partial charge in [-0.2, -0.15) is 18.3 Å². The highest BCUT2D eigenvalue weighted by Crippen LogP contribution is 2.43. The van der Waals surface area contributed by atoms with Crippen molar-refractivity contribution < 1.29 is 31.4 Å². The molecule has 166 valence electrons. The van der Waals surface area contributed by atoms with Crippen LogP contribution in [-0.4, -0.2) is 37.0 Å². The summed E-state index contributed by atoms with van der Waals surface area (Å²) < 4.78 is 71.1. The molecule has 0 aliphatic carbocycles. The number of aromatic nitrogens is 2. The Kier molecular flexibility index (Phi) is 6.39. The zero-order valence-electron chi connectivity index (χ0n) is 16.4. The summed E-state index contributed by atoms with van der Waals surface area (Å²) in [5.74, 6) is 0.476. The molecule has 0 unspecified atom stereocenters. The number of halogens is 3. The van der Waals surface area contributed by atoms with Gasteiger partial charge in [-0.05, 0) is 36.2 Å². The van der Waals surface area contributed by atoms with Crippen LogP contribution in [0.2, 0.25) is 0 Å². The molecule has 7 nitrogen and oxygen atoms in total. The number of sulfonamides is 1. The molecule has 0 spiro atoms. The molecule has 3 aromatic rings. The lowest BCUT2D eigenvalue weighted by atomic mass is 9.98. The zero-order chi connectivity index (χ0) is 22.8. The van der Waals surface area contributed by atoms with E-state index in [1.807, 2.05) is 0 Å². The van der Waals surface area contributed by atoms with Crippen molar-refractivity contribution >= 4 is 10.0 Å². The van der Waals surface area contributed by atoms with Gasteiger partial charge in [0.15, 0.2) is 5.69 Å². The number of ether oxygens (including phenoxy) is 1. The van der Waals surface area contributed by atoms with Crippen LogP contribution in [0.15, 0.2) is 53.4 Å². The molecule has 3 rings (SSSR count). The predicted octanol–water partition coefficient (Wildman–Crippen LogP) is 3.27. The van der Waals surface area contributed by atoms with E-state index in [-0.39, 0.29) is 46.9 Å². The Morgan fingerprint density at radius 3 is 2.13 bits per heavy atom. The summed E-state index contributed by atoms with van der Waals surface area (Å²) in [5, 5.41) is 18.4. The van der Waals surface area contributed by atoms with Crippen LogP contribution in [-0.2, 0) is 22.7 Å². The van der Waals surface area contributed by atoms with Crippen LogP contribution in [0.3, 0.4) is 0 Å². The smallest absolute Gasteiger partial charge is 0.433 e. The number of hydrogen-bond acceptors (Lipinski definition) is 5. The number of aliphatic hydroxyl groups excluding tert-OH is 1. The fourth-order valence-electron chi connectivity index (χ4n) is 3.17. The van der Waals surface area contributed by atoms with Crippen molar-refractivity contribution in [2.24, 2.45) is 5.14 Å². The van der Waals surface area contributed by atoms with Gasteiger partial charge in [0.1, 0.15) is 11.4 Å². The molecule has 31 heavy (non-hydrogen) atoms. The summed E-state index contributed by atoms with van der Waals surface area (Å²) >= 11 is 0. The summed E-state index contributed by atoms with van der Waals surface area (Å²) in [7, 11) is -2.51. The quantitative estimate of drug-likeness (QED) is 0.569. The van der Waals surface area contributed by atoms with Crippen molar-refractivity contribution in [1.82, 2.24) is 9.78 Å². The molecule has 2 aromatic carbocycles. The average Bonchev–Trinajstić information content (AvgIpc) is 3.11. The minimum Gasteiger partial charge on any atom is -0.497 e. The van der Waals surface area contributed by atoms with Crippen LogP contribution in [0, 0.1) is 0 Å². The van der Waals surface area contributed by atoms with Gasteiger partial charge in [-0.25, -0.2) is 13.6 Å². The maximum Gasteiger partial charge on any atom is 0.433 e. The molecule has 0 saturated carbocycles. The Bertz CT molecular complexity index is 1160. The first-order valence-electron chi connectivity index (χ1n) is 9.12. The Morgan fingerprint density at radius 1 is 1.06 bits per heavy atom. The molecule has 3 N–H and O–H groups in total. The first-order valence-corrected chi connectivity index (χ1v) is 10.7. The Labute approximate surface area is 176 Å². The predicted molar refractivity (Wildman–Crippen MR) is 108 cm³/mol. The number of nitrogens with two attached hydrogens (primary N) is 1. The van der Waals surface area contributed by atoms with Crippen molar-refractivity contribution in [1.29, 1.82) is 0 Å². The third-order valence-corrected chi connectivity index (χ3v) is 5.51. The third kappa shape index (κ3) is 4.89. The lowest BCUT2D eigenvalue weighted by Crippen LogP contribution is -2.16. The maximum atomic E-state index is 14.1. The average molecular weight is 455 g/mol. The van der Waals surface area contributed by atoms with E-state index < -0.39 is 21.9 Å². The molecule has 0 aliphatic rings. The van der Waals surface area contributed by atoms with Gasteiger partial charge in [0.2, 0.25) is 10.0 Å². The van der Waals surface area contributed by atoms with Gasteiger partial charge in [-0.1, -0.05) is 24.3 Å². The lowest BCUT2D eigenvalue weighted by Gasteiger charge is -2.13. The van der Waals surface area contributed by atoms with Crippen molar-refractivity contribution in [3.63, 3.8) is 0 Å². The van der Waals surface area contributed by atoms with E-state index in [1.165, 1.54) is 55.6 Å². The number of rotatable bonds is 7. The van der Waals surface area contributed by atoms with Crippen LogP contribution in [0.25, 0.3) is 22.4 Å². The van der Waals surface area contributed by atoms with Crippen LogP contribution >= 0.6 is 0 Å². The molecule has 0 saturated heterocycles. The van der Waals surface area contributed by atoms with Gasteiger partial charge in [0, 0.05) is 24.3 Å². The highest BCUT2D eigenvalue weighted by Gasteiger charge is 2.40. The number of hydrogen-bond donors (Lipinski definition) is 2. The van der Waals surface area contributed by atoms with E-state index in [1.54, 1.807) is 0 Å². The lowest BCUT2D eigenvalue weighted by molar-refractivity contribution is -0.143. The third-order valence-electron chi connectivity index (χ3n) is 4.58. The number of aryl methyl sites for hydroxylation is 1. The maximum absolute atomic E-state index is 14.1. The molecule has 0 radical (unpaired) electrons. The number of methoxy groups -OCH3 is 1. The van der Waals surface area contributed by atoms with Gasteiger partial charge >= 0.3 is 6.18 Å². The molecule has 0 atom stereocenters. The normalized spacial score (nSPS) is 12.2. The second-order valence-electron chi connectivity index (χ2n) is 6.67. The Balaban J connectivity index is 2.27. The highest BCUT2D eigenvalue weighted by molar-refractivity contribution is 7.89. The molecular weight excluding hydrogens is 435 g/mol. The minimum atomic E-state index is -4.73. The molecule has 1 aromatic heterocycles. The van der Waals surface area contributed by atoms with Gasteiger partial charge in [-0.3, -0.25) is 4.68 Å². The molecular formula is C20H20F3N3O4S. The van der Waals surface area contributed by atoms with Crippen molar-refractivity contribution in [2.45, 2.75) is 24.0 Å². The number of aliphatic hydroxyl groups is 1. The first kappa shape index (κ1) is 22.8. The standard InChI is InChI=1S/C20H20F3N3O4S/c1-30-15-7-3-13(4-8-15)17-18(14-5-9-16(10-6-14)31(24,28)29)25-26(11-2-12-27)19(17)20(21,22)23/h3-10,27H,2,11-12H2,1H3,(H2,24,28,29). The van der Waals surface area contributed by atoms with Crippen molar-refractivity contribution in [3.8, 4) is 28.1 Å². The van der Waals surface area contributed by atoms with Crippen LogP contribution in [0.1, 0.15) is 12.1 Å². The van der Waals surface area contributed by atoms with Gasteiger partial charge in [0.05, 0.1) is 12.0 Å². The minimum absolute atomic E-state index is 0.0244. The number of nitrogens with zero attached hydrogens (tertiary/aromatic N) is 2. The number of benzene rings is 2. The van der Waals surface area contributed by atoms with E-state index in [0.29, 0.717) is 5.75 Å². The summed E-state index contributed by atoms with van der Waals surface area (Å²) in [6, 6.07) is 11.2. The number of primary sulfonamides is 1. The fraction of sp³-hybridized carbons (Fsp3) is 0.250. The van der Waals surface area contributed by atoms with Crippen molar-refractivity contribution in [2.75, 3.05) is 13.7 Å². The van der Waals surface area contributed by atoms with E-state index in [9.17, 15) is 21.6 Å². The zero-order valence-corrected chi connectivity index (χ0v) is 17.2. The number of alkyl halides is 3. The van der Waals surface area contributed by atoms with Crippen molar-refractivity contribution in [3.05, 3.63) is 54.2 Å². The summed E-state index contributed by atoms with van der Waals surface area (Å²) in [4.78, 5) is -0.169. The second kappa shape index (κ2) is 8.69. The second-order valence-corrected chi connectivity index (χ2v) is 8.23. The summed E-state index contributed by atoms with van der Waals surface area (Å²) in [6.45, 7) is -0.447. The first-order chi connectivity index (χ1) is 14.6. The molecule has 0 bridgehead atoms. The molecule has 11 heteroatoms. The molecule has 0 fully saturated rings. The molecule has 1 heterocycles. The van der Waals surface area contributed by atoms with Crippen LogP contribution in [0.5, 0.6) is 5.75 Å². The highest BCUT2D eigenvalue weighted by atomic mass is 32.2. The topological polar surface area (TPSA) is 107 Å². The fourth-order valence-corrected chi connectivity index (χ4v) is 3.68. The molecule has 0 amide bonds. The Morgan fingerprint density at radius 2 is 1.65 bits per heavy atom. The van der Waals surface area contributed by atoms with E-state index in [4.69, 9.17) is 15.0 Å². The van der Waals surface area contributed by atoms with E-state index in [2.05, 4.69) is 5.10 Å². The van der Waals surface area contributed by atoms with Crippen LogP contribution in [0.4, 0.5) is 13.2 Å². The Hall–Kier alpha value is -2.89. The SMILES string of the molecule is COc1ccc(-c2c(-c3ccc(S(N)(=O)=O)cc3)nn(CCCO)c2C(F)(F)F)cc1. The van der Waals surface area contributed by atoms with E-state index in [0.717, 1.165) is 4.68 Å². The van der Waals surface area contributed by atoms with E-state index >= 15 is 0 Å². The monoisotopic (exact) mass is 455 g/mol. The largest absolute Gasteiger partial charge is 0.497 e. The molecule has 0 aliphatic heterocycles. The van der Waals surface area contributed by atoms with Gasteiger partial charge < -0.3 is 9.84 Å². The van der Waals surface area contributed by atoms with Crippen LogP contribution < -0.4 is 9.88 Å². The van der Waals surface area contributed by atoms with Gasteiger partial charge in [0.25, 0.3) is 0 Å². The summed E-state index contributed by atoms with van der Waals surface area (Å²) in [6.07, 6.45) is -4.65. The van der Waals surface area contributed by atoms with Gasteiger partial charge in [-0.15, -0.1) is 0 Å².